The quantitative estimate of drug-likeness (QED) is 0.289. The summed E-state index contributed by atoms with van der Waals surface area (Å²) in [5, 5.41) is 9.36. The molecule has 5 nitrogen and oxygen atoms in total. The Morgan fingerprint density at radius 1 is 0.939 bits per heavy atom. The third kappa shape index (κ3) is 6.55. The van der Waals surface area contributed by atoms with Gasteiger partial charge in [0.1, 0.15) is 5.82 Å². The normalized spacial score (nSPS) is 11.0. The molecule has 33 heavy (non-hydrogen) atoms. The van der Waals surface area contributed by atoms with Crippen LogP contribution in [0.1, 0.15) is 26.7 Å². The summed E-state index contributed by atoms with van der Waals surface area (Å²) in [4.78, 5) is 17.7. The number of nitrogens with zero attached hydrogens (tertiary/aromatic N) is 4. The fraction of sp³-hybridized carbons (Fsp3) is 0.269. The molecule has 0 aliphatic heterocycles. The van der Waals surface area contributed by atoms with Crippen molar-refractivity contribution in [3.8, 4) is 0 Å². The highest BCUT2D eigenvalue weighted by molar-refractivity contribution is 7.99. The summed E-state index contributed by atoms with van der Waals surface area (Å²) in [7, 11) is 0. The van der Waals surface area contributed by atoms with Crippen molar-refractivity contribution in [2.75, 3.05) is 12.3 Å². The first kappa shape index (κ1) is 23.3. The predicted octanol–water partition coefficient (Wildman–Crippen LogP) is 5.37. The molecule has 0 saturated heterocycles. The number of thiophene rings is 1. The molecule has 0 atom stereocenters. The molecule has 4 rings (SSSR count). The Kier molecular flexibility index (Phi) is 7.96. The molecular formula is C26H28N4OS2. The van der Waals surface area contributed by atoms with Gasteiger partial charge in [-0.1, -0.05) is 72.4 Å². The Hall–Kier alpha value is -2.90. The molecule has 2 aromatic heterocycles. The van der Waals surface area contributed by atoms with Gasteiger partial charge in [0.25, 0.3) is 0 Å². The van der Waals surface area contributed by atoms with Gasteiger partial charge >= 0.3 is 0 Å². The van der Waals surface area contributed by atoms with Gasteiger partial charge in [-0.25, -0.2) is 0 Å². The van der Waals surface area contributed by atoms with Crippen LogP contribution in [0.25, 0.3) is 0 Å². The third-order valence-electron chi connectivity index (χ3n) is 5.42. The first-order chi connectivity index (χ1) is 16.1. The van der Waals surface area contributed by atoms with Crippen molar-refractivity contribution in [3.63, 3.8) is 0 Å². The zero-order chi connectivity index (χ0) is 23.0. The van der Waals surface area contributed by atoms with Crippen LogP contribution >= 0.6 is 23.1 Å². The molecule has 0 aliphatic carbocycles. The molecule has 0 bridgehead atoms. The van der Waals surface area contributed by atoms with E-state index in [2.05, 4.69) is 58.1 Å². The number of aryl methyl sites for hydroxylation is 2. The van der Waals surface area contributed by atoms with Crippen LogP contribution in [-0.4, -0.2) is 37.9 Å². The van der Waals surface area contributed by atoms with Crippen LogP contribution in [0.3, 0.4) is 0 Å². The lowest BCUT2D eigenvalue weighted by Crippen LogP contribution is -2.33. The minimum atomic E-state index is 0.119. The highest BCUT2D eigenvalue weighted by atomic mass is 32.2. The lowest BCUT2D eigenvalue weighted by molar-refractivity contribution is -0.128. The zero-order valence-electron chi connectivity index (χ0n) is 19.0. The van der Waals surface area contributed by atoms with E-state index >= 15 is 0 Å². The molecule has 2 heterocycles. The van der Waals surface area contributed by atoms with Crippen molar-refractivity contribution in [1.29, 1.82) is 0 Å². The fourth-order valence-corrected chi connectivity index (χ4v) is 5.39. The maximum absolute atomic E-state index is 13.3. The fourth-order valence-electron chi connectivity index (χ4n) is 3.59. The predicted molar refractivity (Wildman–Crippen MR) is 136 cm³/mol. The molecule has 0 saturated carbocycles. The van der Waals surface area contributed by atoms with Gasteiger partial charge in [-0.2, -0.15) is 0 Å². The van der Waals surface area contributed by atoms with Crippen LogP contribution < -0.4 is 0 Å². The first-order valence-corrected chi connectivity index (χ1v) is 12.8. The minimum Gasteiger partial charge on any atom is -0.336 e. The Labute approximate surface area is 203 Å². The second-order valence-corrected chi connectivity index (χ2v) is 10.3. The summed E-state index contributed by atoms with van der Waals surface area (Å²) >= 11 is 3.21. The molecule has 0 N–H and O–H groups in total. The SMILES string of the molecule is Cc1ccc(CN(CCc2ccccc2)C(=O)CSc2nnc(C)n2Cc2ccccc2)s1. The lowest BCUT2D eigenvalue weighted by atomic mass is 10.1. The van der Waals surface area contributed by atoms with Crippen LogP contribution in [0, 0.1) is 13.8 Å². The van der Waals surface area contributed by atoms with E-state index in [9.17, 15) is 4.79 Å². The first-order valence-electron chi connectivity index (χ1n) is 11.0. The van der Waals surface area contributed by atoms with Crippen molar-refractivity contribution in [2.45, 2.75) is 38.5 Å². The van der Waals surface area contributed by atoms with Crippen molar-refractivity contribution in [2.24, 2.45) is 0 Å². The van der Waals surface area contributed by atoms with E-state index < -0.39 is 0 Å². The van der Waals surface area contributed by atoms with Crippen LogP contribution in [-0.2, 0) is 24.3 Å². The van der Waals surface area contributed by atoms with E-state index in [1.165, 1.54) is 32.6 Å². The number of carbonyl (C=O) groups is 1. The smallest absolute Gasteiger partial charge is 0.233 e. The largest absolute Gasteiger partial charge is 0.336 e. The maximum Gasteiger partial charge on any atom is 0.233 e. The summed E-state index contributed by atoms with van der Waals surface area (Å²) in [5.74, 6) is 1.31. The second kappa shape index (κ2) is 11.3. The van der Waals surface area contributed by atoms with Gasteiger partial charge in [0.15, 0.2) is 5.16 Å². The van der Waals surface area contributed by atoms with Crippen molar-refractivity contribution < 1.29 is 4.79 Å². The number of hydrogen-bond donors (Lipinski definition) is 0. The molecule has 0 spiro atoms. The molecule has 7 heteroatoms. The van der Waals surface area contributed by atoms with E-state index in [-0.39, 0.29) is 5.91 Å². The summed E-state index contributed by atoms with van der Waals surface area (Å²) in [5.41, 5.74) is 2.43. The maximum atomic E-state index is 13.3. The zero-order valence-corrected chi connectivity index (χ0v) is 20.6. The number of carbonyl (C=O) groups excluding carboxylic acids is 1. The molecule has 0 radical (unpaired) electrons. The molecule has 2 aromatic carbocycles. The van der Waals surface area contributed by atoms with Crippen LogP contribution in [0.15, 0.2) is 78.0 Å². The monoisotopic (exact) mass is 476 g/mol. The van der Waals surface area contributed by atoms with Crippen molar-refractivity contribution >= 4 is 29.0 Å². The van der Waals surface area contributed by atoms with Gasteiger partial charge in [0.05, 0.1) is 18.8 Å². The molecule has 0 unspecified atom stereocenters. The topological polar surface area (TPSA) is 51.0 Å². The number of thioether (sulfide) groups is 1. The molecule has 0 fully saturated rings. The summed E-state index contributed by atoms with van der Waals surface area (Å²) in [6.07, 6.45) is 0.838. The van der Waals surface area contributed by atoms with Gasteiger partial charge in [-0.15, -0.1) is 21.5 Å². The molecule has 4 aromatic rings. The Morgan fingerprint density at radius 2 is 1.64 bits per heavy atom. The third-order valence-corrected chi connectivity index (χ3v) is 7.36. The average Bonchev–Trinajstić information content (AvgIpc) is 3.41. The average molecular weight is 477 g/mol. The number of amides is 1. The van der Waals surface area contributed by atoms with Gasteiger partial charge in [-0.05, 0) is 43.5 Å². The van der Waals surface area contributed by atoms with E-state index in [1.807, 2.05) is 48.2 Å². The van der Waals surface area contributed by atoms with E-state index in [1.54, 1.807) is 11.3 Å². The lowest BCUT2D eigenvalue weighted by Gasteiger charge is -2.22. The molecule has 0 aliphatic rings. The summed E-state index contributed by atoms with van der Waals surface area (Å²) in [6, 6.07) is 24.8. The van der Waals surface area contributed by atoms with E-state index in [0.29, 0.717) is 25.4 Å². The van der Waals surface area contributed by atoms with Gasteiger partial charge in [-0.3, -0.25) is 4.79 Å². The van der Waals surface area contributed by atoms with Crippen LogP contribution in [0.4, 0.5) is 0 Å². The van der Waals surface area contributed by atoms with Crippen molar-refractivity contribution in [1.82, 2.24) is 19.7 Å². The number of hydrogen-bond acceptors (Lipinski definition) is 5. The van der Waals surface area contributed by atoms with Gasteiger partial charge in [0.2, 0.25) is 5.91 Å². The molecule has 1 amide bonds. The Balaban J connectivity index is 1.43. The van der Waals surface area contributed by atoms with Crippen LogP contribution in [0.5, 0.6) is 0 Å². The Morgan fingerprint density at radius 3 is 2.30 bits per heavy atom. The van der Waals surface area contributed by atoms with Crippen molar-refractivity contribution in [3.05, 3.63) is 99.5 Å². The van der Waals surface area contributed by atoms with Crippen LogP contribution in [0.2, 0.25) is 0 Å². The summed E-state index contributed by atoms with van der Waals surface area (Å²) in [6.45, 7) is 6.08. The number of aromatic nitrogens is 3. The highest BCUT2D eigenvalue weighted by Gasteiger charge is 2.18. The second-order valence-electron chi connectivity index (χ2n) is 7.95. The molecular weight excluding hydrogens is 448 g/mol. The highest BCUT2D eigenvalue weighted by Crippen LogP contribution is 2.21. The minimum absolute atomic E-state index is 0.119. The number of benzene rings is 2. The van der Waals surface area contributed by atoms with E-state index in [4.69, 9.17) is 0 Å². The Bertz CT molecular complexity index is 1170. The van der Waals surface area contributed by atoms with Gasteiger partial charge in [0, 0.05) is 16.3 Å². The number of rotatable bonds is 10. The molecule has 170 valence electrons. The standard InChI is InChI=1S/C26H28N4OS2/c1-20-13-14-24(33-20)18-29(16-15-22-9-5-3-6-10-22)25(31)19-32-26-28-27-21(2)30(26)17-23-11-7-4-8-12-23/h3-14H,15-19H2,1-2H3. The van der Waals surface area contributed by atoms with E-state index in [0.717, 1.165) is 17.4 Å². The summed E-state index contributed by atoms with van der Waals surface area (Å²) < 4.78 is 2.07. The van der Waals surface area contributed by atoms with Gasteiger partial charge < -0.3 is 9.47 Å².